The van der Waals surface area contributed by atoms with Crippen molar-refractivity contribution >= 4 is 33.4 Å². The van der Waals surface area contributed by atoms with E-state index >= 15 is 0 Å². The molecule has 0 unspecified atom stereocenters. The van der Waals surface area contributed by atoms with Gasteiger partial charge in [-0.2, -0.15) is 0 Å². The van der Waals surface area contributed by atoms with Gasteiger partial charge in [-0.1, -0.05) is 44.2 Å². The zero-order valence-corrected chi connectivity index (χ0v) is 20.8. The standard InChI is InChI=1S/C28H32N4O3/c1-19(2)17-32-18-21(25-20-9-5-6-10-22(20)29(3)26(25)28(32)34)27(33)31-15-13-30(14-16-31)23-11-7-8-12-24(23)35-4/h5-12,18-19H,13-17H2,1-4H3. The summed E-state index contributed by atoms with van der Waals surface area (Å²) in [5.41, 5.74) is 3.14. The zero-order chi connectivity index (χ0) is 24.7. The Morgan fingerprint density at radius 1 is 1.00 bits per heavy atom. The van der Waals surface area contributed by atoms with E-state index in [0.29, 0.717) is 30.7 Å². The van der Waals surface area contributed by atoms with Gasteiger partial charge in [0, 0.05) is 62.3 Å². The van der Waals surface area contributed by atoms with Crippen molar-refractivity contribution in [1.29, 1.82) is 0 Å². The first-order valence-corrected chi connectivity index (χ1v) is 12.2. The number of pyridine rings is 1. The molecular weight excluding hydrogens is 440 g/mol. The molecule has 1 saturated heterocycles. The number of fused-ring (bicyclic) bond motifs is 3. The van der Waals surface area contributed by atoms with Gasteiger partial charge in [-0.15, -0.1) is 0 Å². The second kappa shape index (κ2) is 9.13. The van der Waals surface area contributed by atoms with Crippen LogP contribution < -0.4 is 15.2 Å². The predicted octanol–water partition coefficient (Wildman–Crippen LogP) is 4.12. The highest BCUT2D eigenvalue weighted by Crippen LogP contribution is 2.31. The number of aromatic nitrogens is 2. The maximum Gasteiger partial charge on any atom is 0.275 e. The van der Waals surface area contributed by atoms with Crippen LogP contribution >= 0.6 is 0 Å². The molecule has 5 rings (SSSR count). The summed E-state index contributed by atoms with van der Waals surface area (Å²) in [6.07, 6.45) is 1.78. The smallest absolute Gasteiger partial charge is 0.275 e. The van der Waals surface area contributed by atoms with Gasteiger partial charge in [-0.05, 0) is 24.1 Å². The minimum absolute atomic E-state index is 0.0245. The summed E-state index contributed by atoms with van der Waals surface area (Å²) in [6, 6.07) is 15.9. The van der Waals surface area contributed by atoms with Crippen LogP contribution in [0.3, 0.4) is 0 Å². The zero-order valence-electron chi connectivity index (χ0n) is 20.8. The molecule has 0 radical (unpaired) electrons. The SMILES string of the molecule is COc1ccccc1N1CCN(C(=O)c2cn(CC(C)C)c(=O)c3c2c2ccccc2n3C)CC1. The van der Waals surface area contributed by atoms with Crippen molar-refractivity contribution in [2.24, 2.45) is 13.0 Å². The number of aryl methyl sites for hydroxylation is 1. The summed E-state index contributed by atoms with van der Waals surface area (Å²) in [4.78, 5) is 31.6. The summed E-state index contributed by atoms with van der Waals surface area (Å²) in [5, 5.41) is 1.69. The van der Waals surface area contributed by atoms with E-state index in [1.165, 1.54) is 0 Å². The molecule has 0 aliphatic carbocycles. The predicted molar refractivity (Wildman–Crippen MR) is 141 cm³/mol. The Balaban J connectivity index is 1.54. The number of nitrogens with zero attached hydrogens (tertiary/aromatic N) is 4. The minimum Gasteiger partial charge on any atom is -0.495 e. The van der Waals surface area contributed by atoms with Crippen LogP contribution in [0.15, 0.2) is 59.5 Å². The van der Waals surface area contributed by atoms with Crippen LogP contribution in [0.5, 0.6) is 5.75 Å². The van der Waals surface area contributed by atoms with Gasteiger partial charge < -0.3 is 23.7 Å². The summed E-state index contributed by atoms with van der Waals surface area (Å²) in [6.45, 7) is 7.37. The molecule has 7 nitrogen and oxygen atoms in total. The Morgan fingerprint density at radius 2 is 1.69 bits per heavy atom. The molecule has 182 valence electrons. The number of piperazine rings is 1. The minimum atomic E-state index is -0.0510. The molecule has 35 heavy (non-hydrogen) atoms. The molecule has 2 aromatic carbocycles. The van der Waals surface area contributed by atoms with Crippen molar-refractivity contribution < 1.29 is 9.53 Å². The lowest BCUT2D eigenvalue weighted by Gasteiger charge is -2.36. The monoisotopic (exact) mass is 472 g/mol. The lowest BCUT2D eigenvalue weighted by molar-refractivity contribution is 0.0747. The maximum atomic E-state index is 13.9. The summed E-state index contributed by atoms with van der Waals surface area (Å²) in [7, 11) is 3.59. The van der Waals surface area contributed by atoms with Gasteiger partial charge in [0.2, 0.25) is 0 Å². The van der Waals surface area contributed by atoms with E-state index in [-0.39, 0.29) is 17.4 Å². The Labute approximate surface area is 205 Å². The third kappa shape index (κ3) is 3.95. The molecule has 0 saturated carbocycles. The van der Waals surface area contributed by atoms with Gasteiger partial charge in [0.05, 0.1) is 18.4 Å². The second-order valence-electron chi connectivity index (χ2n) is 9.65. The molecule has 1 aliphatic heterocycles. The highest BCUT2D eigenvalue weighted by atomic mass is 16.5. The lowest BCUT2D eigenvalue weighted by atomic mass is 10.1. The molecule has 4 aromatic rings. The fourth-order valence-electron chi connectivity index (χ4n) is 5.23. The molecule has 1 aliphatic rings. The number of carbonyl (C=O) groups excluding carboxylic acids is 1. The van der Waals surface area contributed by atoms with E-state index in [1.54, 1.807) is 17.9 Å². The number of rotatable bonds is 5. The Morgan fingerprint density at radius 3 is 2.40 bits per heavy atom. The molecule has 0 atom stereocenters. The van der Waals surface area contributed by atoms with E-state index in [0.717, 1.165) is 40.8 Å². The Hall–Kier alpha value is -3.74. The third-order valence-electron chi connectivity index (χ3n) is 6.91. The van der Waals surface area contributed by atoms with Crippen LogP contribution in [-0.2, 0) is 13.6 Å². The summed E-state index contributed by atoms with van der Waals surface area (Å²) in [5.74, 6) is 1.10. The molecule has 7 heteroatoms. The molecule has 0 bridgehead atoms. The van der Waals surface area contributed by atoms with E-state index in [1.807, 2.05) is 59.0 Å². The summed E-state index contributed by atoms with van der Waals surface area (Å²) >= 11 is 0. The number of benzene rings is 2. The first-order chi connectivity index (χ1) is 16.9. The van der Waals surface area contributed by atoms with Gasteiger partial charge in [-0.25, -0.2) is 0 Å². The highest BCUT2D eigenvalue weighted by Gasteiger charge is 2.28. The van der Waals surface area contributed by atoms with Crippen molar-refractivity contribution in [3.63, 3.8) is 0 Å². The van der Waals surface area contributed by atoms with Gasteiger partial charge in [0.1, 0.15) is 11.3 Å². The number of hydrogen-bond acceptors (Lipinski definition) is 4. The van der Waals surface area contributed by atoms with E-state index in [9.17, 15) is 9.59 Å². The highest BCUT2D eigenvalue weighted by molar-refractivity contribution is 6.17. The van der Waals surface area contributed by atoms with Crippen LogP contribution in [0.2, 0.25) is 0 Å². The molecule has 0 spiro atoms. The van der Waals surface area contributed by atoms with Crippen LogP contribution in [0.1, 0.15) is 24.2 Å². The van der Waals surface area contributed by atoms with Crippen LogP contribution in [0, 0.1) is 5.92 Å². The normalized spacial score (nSPS) is 14.3. The lowest BCUT2D eigenvalue weighted by Crippen LogP contribution is -2.49. The van der Waals surface area contributed by atoms with Gasteiger partial charge in [-0.3, -0.25) is 9.59 Å². The van der Waals surface area contributed by atoms with Crippen LogP contribution in [0.25, 0.3) is 21.8 Å². The van der Waals surface area contributed by atoms with Crippen LogP contribution in [0.4, 0.5) is 5.69 Å². The fraction of sp³-hybridized carbons (Fsp3) is 0.357. The number of hydrogen-bond donors (Lipinski definition) is 0. The quantitative estimate of drug-likeness (QED) is 0.438. The van der Waals surface area contributed by atoms with Crippen molar-refractivity contribution in [2.75, 3.05) is 38.2 Å². The van der Waals surface area contributed by atoms with Gasteiger partial charge in [0.15, 0.2) is 0 Å². The van der Waals surface area contributed by atoms with E-state index < -0.39 is 0 Å². The summed E-state index contributed by atoms with van der Waals surface area (Å²) < 4.78 is 9.18. The number of methoxy groups -OCH3 is 1. The maximum absolute atomic E-state index is 13.9. The molecule has 0 N–H and O–H groups in total. The average molecular weight is 473 g/mol. The van der Waals surface area contributed by atoms with Gasteiger partial charge >= 0.3 is 0 Å². The van der Waals surface area contributed by atoms with Crippen molar-refractivity contribution in [1.82, 2.24) is 14.0 Å². The molecular formula is C28H32N4O3. The number of anilines is 1. The number of ether oxygens (including phenoxy) is 1. The third-order valence-corrected chi connectivity index (χ3v) is 6.91. The topological polar surface area (TPSA) is 59.7 Å². The van der Waals surface area contributed by atoms with Crippen LogP contribution in [-0.4, -0.2) is 53.2 Å². The fourth-order valence-corrected chi connectivity index (χ4v) is 5.23. The van der Waals surface area contributed by atoms with Crippen molar-refractivity contribution in [2.45, 2.75) is 20.4 Å². The van der Waals surface area contributed by atoms with Crippen molar-refractivity contribution in [3.05, 3.63) is 70.6 Å². The van der Waals surface area contributed by atoms with Crippen molar-refractivity contribution in [3.8, 4) is 5.75 Å². The van der Waals surface area contributed by atoms with Gasteiger partial charge in [0.25, 0.3) is 11.5 Å². The number of amides is 1. The number of para-hydroxylation sites is 3. The average Bonchev–Trinajstić information content (AvgIpc) is 3.18. The molecule has 3 heterocycles. The number of carbonyl (C=O) groups is 1. The molecule has 1 amide bonds. The first kappa shape index (κ1) is 23.0. The Bertz CT molecular complexity index is 1460. The largest absolute Gasteiger partial charge is 0.495 e. The molecule has 2 aromatic heterocycles. The van der Waals surface area contributed by atoms with E-state index in [2.05, 4.69) is 24.8 Å². The molecule has 1 fully saturated rings. The first-order valence-electron chi connectivity index (χ1n) is 12.2. The Kier molecular flexibility index (Phi) is 6.01. The second-order valence-corrected chi connectivity index (χ2v) is 9.65. The van der Waals surface area contributed by atoms with E-state index in [4.69, 9.17) is 4.74 Å².